The summed E-state index contributed by atoms with van der Waals surface area (Å²) in [5.41, 5.74) is 6.15. The Morgan fingerprint density at radius 1 is 1.06 bits per heavy atom. The van der Waals surface area contributed by atoms with E-state index in [0.717, 1.165) is 26.2 Å². The second-order valence-corrected chi connectivity index (χ2v) is 6.36. The van der Waals surface area contributed by atoms with Crippen molar-refractivity contribution in [3.63, 3.8) is 0 Å². The standard InChI is InChI=1S/C14H33N3/c1-12(2)10-17(9-8-16(6)7)14(5,11-15)13(3)4/h12-13H,8-11,15H2,1-7H3. The molecule has 0 radical (unpaired) electrons. The molecule has 0 bridgehead atoms. The lowest BCUT2D eigenvalue weighted by atomic mass is 9.86. The number of hydrogen-bond acceptors (Lipinski definition) is 3. The highest BCUT2D eigenvalue weighted by molar-refractivity contribution is 4.90. The topological polar surface area (TPSA) is 32.5 Å². The van der Waals surface area contributed by atoms with Crippen molar-refractivity contribution in [2.75, 3.05) is 40.3 Å². The molecule has 2 N–H and O–H groups in total. The zero-order valence-electron chi connectivity index (χ0n) is 13.0. The number of nitrogens with zero attached hydrogens (tertiary/aromatic N) is 2. The van der Waals surface area contributed by atoms with Gasteiger partial charge in [-0.15, -0.1) is 0 Å². The highest BCUT2D eigenvalue weighted by Crippen LogP contribution is 2.24. The molecular weight excluding hydrogens is 210 g/mol. The summed E-state index contributed by atoms with van der Waals surface area (Å²) in [6, 6.07) is 0. The molecule has 0 aliphatic rings. The van der Waals surface area contributed by atoms with E-state index in [2.05, 4.69) is 58.5 Å². The fourth-order valence-corrected chi connectivity index (χ4v) is 2.05. The van der Waals surface area contributed by atoms with E-state index in [1.807, 2.05) is 0 Å². The summed E-state index contributed by atoms with van der Waals surface area (Å²) in [5.74, 6) is 1.26. The van der Waals surface area contributed by atoms with Gasteiger partial charge in [-0.1, -0.05) is 27.7 Å². The SMILES string of the molecule is CC(C)CN(CCN(C)C)C(C)(CN)C(C)C. The molecule has 0 aromatic heterocycles. The van der Waals surface area contributed by atoms with Crippen LogP contribution in [0.4, 0.5) is 0 Å². The van der Waals surface area contributed by atoms with Crippen molar-refractivity contribution in [2.45, 2.75) is 40.2 Å². The first-order chi connectivity index (χ1) is 7.74. The molecule has 0 aliphatic carbocycles. The van der Waals surface area contributed by atoms with Gasteiger partial charge < -0.3 is 10.6 Å². The molecule has 0 amide bonds. The Labute approximate surface area is 108 Å². The molecule has 0 saturated carbocycles. The average Bonchev–Trinajstić information content (AvgIpc) is 2.21. The molecule has 0 spiro atoms. The van der Waals surface area contributed by atoms with Crippen LogP contribution in [0.25, 0.3) is 0 Å². The number of hydrogen-bond donors (Lipinski definition) is 1. The highest BCUT2D eigenvalue weighted by Gasteiger charge is 2.33. The Balaban J connectivity index is 4.74. The maximum Gasteiger partial charge on any atom is 0.0327 e. The summed E-state index contributed by atoms with van der Waals surface area (Å²) in [5, 5.41) is 0. The Bertz CT molecular complexity index is 202. The van der Waals surface area contributed by atoms with Crippen LogP contribution < -0.4 is 5.73 Å². The van der Waals surface area contributed by atoms with Gasteiger partial charge in [0.15, 0.2) is 0 Å². The fourth-order valence-electron chi connectivity index (χ4n) is 2.05. The average molecular weight is 243 g/mol. The minimum Gasteiger partial charge on any atom is -0.329 e. The van der Waals surface area contributed by atoms with Gasteiger partial charge in [-0.25, -0.2) is 0 Å². The van der Waals surface area contributed by atoms with E-state index >= 15 is 0 Å². The van der Waals surface area contributed by atoms with Gasteiger partial charge in [0, 0.05) is 31.7 Å². The second kappa shape index (κ2) is 7.34. The molecule has 0 aliphatic heterocycles. The molecule has 0 heterocycles. The van der Waals surface area contributed by atoms with E-state index in [1.54, 1.807) is 0 Å². The van der Waals surface area contributed by atoms with Crippen molar-refractivity contribution < 1.29 is 0 Å². The van der Waals surface area contributed by atoms with Crippen molar-refractivity contribution >= 4 is 0 Å². The van der Waals surface area contributed by atoms with Gasteiger partial charge in [-0.05, 0) is 32.9 Å². The molecule has 0 rings (SSSR count). The molecular formula is C14H33N3. The second-order valence-electron chi connectivity index (χ2n) is 6.36. The van der Waals surface area contributed by atoms with Gasteiger partial charge in [0.25, 0.3) is 0 Å². The summed E-state index contributed by atoms with van der Waals surface area (Å²) >= 11 is 0. The van der Waals surface area contributed by atoms with E-state index in [4.69, 9.17) is 5.73 Å². The van der Waals surface area contributed by atoms with Crippen molar-refractivity contribution in [3.8, 4) is 0 Å². The monoisotopic (exact) mass is 243 g/mol. The zero-order valence-corrected chi connectivity index (χ0v) is 13.0. The van der Waals surface area contributed by atoms with Gasteiger partial charge in [-0.2, -0.15) is 0 Å². The first kappa shape index (κ1) is 16.9. The summed E-state index contributed by atoms with van der Waals surface area (Å²) in [6.07, 6.45) is 0. The van der Waals surface area contributed by atoms with Crippen LogP contribution >= 0.6 is 0 Å². The number of likely N-dealkylation sites (N-methyl/N-ethyl adjacent to an activating group) is 1. The molecule has 0 aromatic rings. The van der Waals surface area contributed by atoms with Crippen LogP contribution in [-0.2, 0) is 0 Å². The smallest absolute Gasteiger partial charge is 0.0327 e. The van der Waals surface area contributed by atoms with E-state index in [1.165, 1.54) is 0 Å². The van der Waals surface area contributed by atoms with Crippen molar-refractivity contribution in [2.24, 2.45) is 17.6 Å². The summed E-state index contributed by atoms with van der Waals surface area (Å²) in [6.45, 7) is 15.4. The first-order valence-electron chi connectivity index (χ1n) is 6.83. The maximum absolute atomic E-state index is 6.04. The van der Waals surface area contributed by atoms with Crippen LogP contribution in [0.5, 0.6) is 0 Å². The Morgan fingerprint density at radius 3 is 1.88 bits per heavy atom. The van der Waals surface area contributed by atoms with Gasteiger partial charge in [-0.3, -0.25) is 4.90 Å². The minimum absolute atomic E-state index is 0.111. The molecule has 3 heteroatoms. The largest absolute Gasteiger partial charge is 0.329 e. The van der Waals surface area contributed by atoms with Crippen LogP contribution in [0.3, 0.4) is 0 Å². The third-order valence-electron chi connectivity index (χ3n) is 3.78. The molecule has 0 aromatic carbocycles. The number of nitrogens with two attached hydrogens (primary N) is 1. The lowest BCUT2D eigenvalue weighted by molar-refractivity contribution is 0.0501. The van der Waals surface area contributed by atoms with Crippen LogP contribution in [0, 0.1) is 11.8 Å². The van der Waals surface area contributed by atoms with E-state index in [-0.39, 0.29) is 5.54 Å². The van der Waals surface area contributed by atoms with Gasteiger partial charge in [0.1, 0.15) is 0 Å². The fraction of sp³-hybridized carbons (Fsp3) is 1.00. The third kappa shape index (κ3) is 5.36. The molecule has 17 heavy (non-hydrogen) atoms. The van der Waals surface area contributed by atoms with Crippen LogP contribution in [0.15, 0.2) is 0 Å². The quantitative estimate of drug-likeness (QED) is 0.706. The maximum atomic E-state index is 6.04. The summed E-state index contributed by atoms with van der Waals surface area (Å²) in [7, 11) is 4.26. The zero-order chi connectivity index (χ0) is 13.6. The highest BCUT2D eigenvalue weighted by atomic mass is 15.2. The number of rotatable bonds is 8. The molecule has 104 valence electrons. The van der Waals surface area contributed by atoms with Gasteiger partial charge >= 0.3 is 0 Å². The Morgan fingerprint density at radius 2 is 1.59 bits per heavy atom. The normalized spacial score (nSPS) is 16.2. The molecule has 1 atom stereocenters. The van der Waals surface area contributed by atoms with E-state index in [9.17, 15) is 0 Å². The van der Waals surface area contributed by atoms with E-state index in [0.29, 0.717) is 11.8 Å². The molecule has 1 unspecified atom stereocenters. The predicted molar refractivity (Wildman–Crippen MR) is 77.3 cm³/mol. The summed E-state index contributed by atoms with van der Waals surface area (Å²) in [4.78, 5) is 4.81. The van der Waals surface area contributed by atoms with E-state index < -0.39 is 0 Å². The molecule has 3 nitrogen and oxygen atoms in total. The Kier molecular flexibility index (Phi) is 7.29. The van der Waals surface area contributed by atoms with Gasteiger partial charge in [0.05, 0.1) is 0 Å². The third-order valence-corrected chi connectivity index (χ3v) is 3.78. The molecule has 0 fully saturated rings. The van der Waals surface area contributed by atoms with Gasteiger partial charge in [0.2, 0.25) is 0 Å². The summed E-state index contributed by atoms with van der Waals surface area (Å²) < 4.78 is 0. The molecule has 0 saturated heterocycles. The van der Waals surface area contributed by atoms with Crippen molar-refractivity contribution in [1.29, 1.82) is 0 Å². The lowest BCUT2D eigenvalue weighted by Crippen LogP contribution is -2.57. The van der Waals surface area contributed by atoms with Crippen molar-refractivity contribution in [1.82, 2.24) is 9.80 Å². The minimum atomic E-state index is 0.111. The lowest BCUT2D eigenvalue weighted by Gasteiger charge is -2.45. The predicted octanol–water partition coefficient (Wildman–Crippen LogP) is 1.88. The van der Waals surface area contributed by atoms with Crippen LogP contribution in [0.1, 0.15) is 34.6 Å². The first-order valence-corrected chi connectivity index (χ1v) is 6.83. The van der Waals surface area contributed by atoms with Crippen LogP contribution in [-0.4, -0.2) is 55.6 Å². The van der Waals surface area contributed by atoms with Crippen LogP contribution in [0.2, 0.25) is 0 Å². The van der Waals surface area contributed by atoms with Crippen molar-refractivity contribution in [3.05, 3.63) is 0 Å². The Hall–Kier alpha value is -0.120.